The molecule has 0 aliphatic carbocycles. The van der Waals surface area contributed by atoms with E-state index in [4.69, 9.17) is 0 Å². The molecular weight excluding hydrogens is 152 g/mol. The molecule has 0 aromatic rings. The van der Waals surface area contributed by atoms with Crippen LogP contribution in [-0.2, 0) is 30.8 Å². The molecule has 0 saturated heterocycles. The van der Waals surface area contributed by atoms with E-state index in [1.807, 2.05) is 0 Å². The topological polar surface area (TPSA) is 52.6 Å². The summed E-state index contributed by atoms with van der Waals surface area (Å²) in [4.78, 5) is 0. The number of hydrogen-bond donors (Lipinski definition) is 0. The highest BCUT2D eigenvalue weighted by Gasteiger charge is 1.92. The summed E-state index contributed by atoms with van der Waals surface area (Å²) in [6, 6.07) is 0. The van der Waals surface area contributed by atoms with Crippen LogP contribution in [0.5, 0.6) is 0 Å². The first-order valence-corrected chi connectivity index (χ1v) is 4.62. The van der Waals surface area contributed by atoms with Gasteiger partial charge in [0.25, 0.3) is 0 Å². The third kappa shape index (κ3) is 6.22. The van der Waals surface area contributed by atoms with E-state index >= 15 is 0 Å². The van der Waals surface area contributed by atoms with Crippen molar-refractivity contribution in [2.75, 3.05) is 12.5 Å². The van der Waals surface area contributed by atoms with E-state index in [1.165, 1.54) is 12.5 Å². The zero-order chi connectivity index (χ0) is 6.57. The van der Waals surface area contributed by atoms with Gasteiger partial charge in [0.05, 0.1) is 0 Å². The molecule has 0 saturated carbocycles. The lowest BCUT2D eigenvalue weighted by atomic mass is 12.0. The summed E-state index contributed by atoms with van der Waals surface area (Å²) in [6.07, 6.45) is 2.54. The predicted molar refractivity (Wildman–Crippen MR) is 30.3 cm³/mol. The van der Waals surface area contributed by atoms with Crippen LogP contribution in [0.1, 0.15) is 0 Å². The minimum atomic E-state index is -1.50. The van der Waals surface area contributed by atoms with Crippen molar-refractivity contribution in [1.82, 2.24) is 0 Å². The van der Waals surface area contributed by atoms with E-state index in [0.29, 0.717) is 0 Å². The van der Waals surface area contributed by atoms with Gasteiger partial charge < -0.3 is 0 Å². The molecule has 6 heteroatoms. The first-order valence-electron chi connectivity index (χ1n) is 1.65. The van der Waals surface area contributed by atoms with Crippen molar-refractivity contribution in [3.63, 3.8) is 0 Å². The molecule has 2 unspecified atom stereocenters. The molecule has 0 bridgehead atoms. The van der Waals surface area contributed by atoms with E-state index in [0.717, 1.165) is 0 Å². The monoisotopic (exact) mass is 158 g/mol. The van der Waals surface area contributed by atoms with E-state index in [2.05, 4.69) is 8.67 Å². The summed E-state index contributed by atoms with van der Waals surface area (Å²) in [5.74, 6) is 0. The lowest BCUT2D eigenvalue weighted by Gasteiger charge is -1.90. The van der Waals surface area contributed by atoms with Crippen molar-refractivity contribution in [2.45, 2.75) is 0 Å². The average Bonchev–Trinajstić information content (AvgIpc) is 1.61. The normalized spacial score (nSPS) is 17.8. The molecule has 0 radical (unpaired) electrons. The van der Waals surface area contributed by atoms with E-state index in [9.17, 15) is 8.42 Å². The van der Waals surface area contributed by atoms with Crippen molar-refractivity contribution >= 4 is 22.2 Å². The van der Waals surface area contributed by atoms with Crippen LogP contribution in [0.25, 0.3) is 0 Å². The summed E-state index contributed by atoms with van der Waals surface area (Å²) in [6.45, 7) is 0. The molecule has 0 aromatic carbocycles. The minimum Gasteiger partial charge on any atom is -0.227 e. The quantitative estimate of drug-likeness (QED) is 0.411. The van der Waals surface area contributed by atoms with Gasteiger partial charge in [-0.15, -0.1) is 8.67 Å². The maximum Gasteiger partial charge on any atom is 0.185 e. The van der Waals surface area contributed by atoms with Crippen LogP contribution in [0.4, 0.5) is 0 Å². The van der Waals surface area contributed by atoms with Crippen molar-refractivity contribution < 1.29 is 17.1 Å². The van der Waals surface area contributed by atoms with Gasteiger partial charge in [-0.05, 0) is 0 Å². The second kappa shape index (κ2) is 4.13. The highest BCUT2D eigenvalue weighted by Crippen LogP contribution is 1.84. The Morgan fingerprint density at radius 1 is 1.00 bits per heavy atom. The lowest BCUT2D eigenvalue weighted by molar-refractivity contribution is -0.0688. The van der Waals surface area contributed by atoms with Crippen LogP contribution in [-0.4, -0.2) is 20.9 Å². The minimum absolute atomic E-state index is 1.27. The highest BCUT2D eigenvalue weighted by molar-refractivity contribution is 7.81. The summed E-state index contributed by atoms with van der Waals surface area (Å²) >= 11 is -3.00. The molecule has 0 aliphatic rings. The van der Waals surface area contributed by atoms with Crippen LogP contribution in [0.2, 0.25) is 0 Å². The van der Waals surface area contributed by atoms with E-state index in [1.54, 1.807) is 0 Å². The molecule has 8 heavy (non-hydrogen) atoms. The lowest BCUT2D eigenvalue weighted by Crippen LogP contribution is -1.97. The fourth-order valence-electron chi connectivity index (χ4n) is 0.0782. The largest absolute Gasteiger partial charge is 0.227 e. The zero-order valence-corrected chi connectivity index (χ0v) is 6.08. The second-order valence-corrected chi connectivity index (χ2v) is 2.82. The molecule has 0 rings (SSSR count). The summed E-state index contributed by atoms with van der Waals surface area (Å²) in [7, 11) is 0. The van der Waals surface area contributed by atoms with Crippen LogP contribution in [0.15, 0.2) is 0 Å². The number of rotatable bonds is 3. The average molecular weight is 158 g/mol. The smallest absolute Gasteiger partial charge is 0.185 e. The van der Waals surface area contributed by atoms with Gasteiger partial charge in [-0.3, -0.25) is 0 Å². The van der Waals surface area contributed by atoms with Gasteiger partial charge in [0, 0.05) is 12.5 Å². The predicted octanol–water partition coefficient (Wildman–Crippen LogP) is -0.478. The van der Waals surface area contributed by atoms with Crippen LogP contribution < -0.4 is 0 Å². The maximum absolute atomic E-state index is 9.98. The fourth-order valence-corrected chi connectivity index (χ4v) is 0.704. The van der Waals surface area contributed by atoms with Crippen molar-refractivity contribution in [3.8, 4) is 0 Å². The fraction of sp³-hybridized carbons (Fsp3) is 1.00. The first kappa shape index (κ1) is 8.22. The van der Waals surface area contributed by atoms with E-state index < -0.39 is 22.2 Å². The molecule has 0 heterocycles. The maximum atomic E-state index is 9.98. The van der Waals surface area contributed by atoms with Crippen molar-refractivity contribution in [3.05, 3.63) is 0 Å². The second-order valence-electron chi connectivity index (χ2n) is 0.939. The Hall–Kier alpha value is 0.220. The molecule has 0 aromatic heterocycles. The molecular formula is C2H6O4S2. The van der Waals surface area contributed by atoms with Gasteiger partial charge in [0.15, 0.2) is 22.2 Å². The van der Waals surface area contributed by atoms with Crippen molar-refractivity contribution in [1.29, 1.82) is 0 Å². The molecule has 0 N–H and O–H groups in total. The molecule has 0 aliphatic heterocycles. The SMILES string of the molecule is CS(=O)OOS(C)=O. The Labute approximate surface area is 52.4 Å². The Morgan fingerprint density at radius 3 is 1.38 bits per heavy atom. The third-order valence-corrected chi connectivity index (χ3v) is 0.825. The van der Waals surface area contributed by atoms with Crippen LogP contribution in [0, 0.1) is 0 Å². The molecule has 2 atom stereocenters. The van der Waals surface area contributed by atoms with Gasteiger partial charge in [0.2, 0.25) is 0 Å². The molecule has 0 spiro atoms. The van der Waals surface area contributed by atoms with Gasteiger partial charge in [-0.25, -0.2) is 8.42 Å². The Bertz CT molecular complexity index is 96.6. The molecule has 50 valence electrons. The standard InChI is InChI=1S/C2H6O4S2/c1-7(3)5-6-8(2)4/h1-2H3. The van der Waals surface area contributed by atoms with Crippen LogP contribution in [0.3, 0.4) is 0 Å². The molecule has 4 nitrogen and oxygen atoms in total. The number of hydrogen-bond acceptors (Lipinski definition) is 4. The zero-order valence-electron chi connectivity index (χ0n) is 4.45. The van der Waals surface area contributed by atoms with Gasteiger partial charge in [-0.1, -0.05) is 0 Å². The Morgan fingerprint density at radius 2 is 1.25 bits per heavy atom. The third-order valence-electron chi connectivity index (χ3n) is 0.219. The van der Waals surface area contributed by atoms with Gasteiger partial charge in [-0.2, -0.15) is 0 Å². The summed E-state index contributed by atoms with van der Waals surface area (Å²) < 4.78 is 27.9. The highest BCUT2D eigenvalue weighted by atomic mass is 32.2. The Kier molecular flexibility index (Phi) is 4.25. The molecule has 0 amide bonds. The summed E-state index contributed by atoms with van der Waals surface area (Å²) in [5, 5.41) is 0. The van der Waals surface area contributed by atoms with Crippen molar-refractivity contribution in [2.24, 2.45) is 0 Å². The first-order chi connectivity index (χ1) is 3.63. The van der Waals surface area contributed by atoms with E-state index in [-0.39, 0.29) is 0 Å². The van der Waals surface area contributed by atoms with Gasteiger partial charge >= 0.3 is 0 Å². The van der Waals surface area contributed by atoms with Crippen LogP contribution >= 0.6 is 0 Å². The summed E-state index contributed by atoms with van der Waals surface area (Å²) in [5.41, 5.74) is 0. The van der Waals surface area contributed by atoms with Gasteiger partial charge in [0.1, 0.15) is 0 Å². The Balaban J connectivity index is 3.18. The molecule has 0 fully saturated rings.